The summed E-state index contributed by atoms with van der Waals surface area (Å²) in [6, 6.07) is 5.75. The van der Waals surface area contributed by atoms with E-state index < -0.39 is 0 Å². The van der Waals surface area contributed by atoms with Crippen molar-refractivity contribution in [3.05, 3.63) is 48.8 Å². The van der Waals surface area contributed by atoms with Crippen LogP contribution < -0.4 is 0 Å². The molecule has 0 radical (unpaired) electrons. The van der Waals surface area contributed by atoms with Crippen molar-refractivity contribution in [3.63, 3.8) is 0 Å². The number of hydrogen-bond donors (Lipinski definition) is 0. The van der Waals surface area contributed by atoms with Crippen LogP contribution in [0.4, 0.5) is 0 Å². The second kappa shape index (κ2) is 14.3. The minimum absolute atomic E-state index is 0.862. The third-order valence-corrected chi connectivity index (χ3v) is 1.52. The van der Waals surface area contributed by atoms with Crippen LogP contribution in [-0.4, -0.2) is 11.2 Å². The zero-order chi connectivity index (χ0) is 13.5. The molecule has 0 aliphatic carbocycles. The maximum atomic E-state index is 4.19. The standard InChI is InChI=1S/C11H12N2.2C2H6/c1-3-8-12-10(4-2)11-7-5-6-9-13-11;2*1-2/h3-9H,1H2,2H3;2*1-2H3/b10-4-,12-8?;;. The molecule has 0 aliphatic rings. The lowest BCUT2D eigenvalue weighted by Crippen LogP contribution is -1.84. The molecule has 2 nitrogen and oxygen atoms in total. The Hall–Kier alpha value is -1.70. The van der Waals surface area contributed by atoms with Gasteiger partial charge < -0.3 is 0 Å². The lowest BCUT2D eigenvalue weighted by molar-refractivity contribution is 1.25. The Bertz CT molecular complexity index is 324. The van der Waals surface area contributed by atoms with E-state index in [-0.39, 0.29) is 0 Å². The molecule has 0 aliphatic heterocycles. The van der Waals surface area contributed by atoms with Gasteiger partial charge in [-0.1, -0.05) is 52.5 Å². The summed E-state index contributed by atoms with van der Waals surface area (Å²) in [5, 5.41) is 0. The third-order valence-electron chi connectivity index (χ3n) is 1.52. The van der Waals surface area contributed by atoms with Crippen molar-refractivity contribution in [2.75, 3.05) is 0 Å². The molecule has 17 heavy (non-hydrogen) atoms. The molecule has 1 rings (SSSR count). The van der Waals surface area contributed by atoms with Crippen molar-refractivity contribution in [1.29, 1.82) is 0 Å². The van der Waals surface area contributed by atoms with E-state index in [4.69, 9.17) is 0 Å². The van der Waals surface area contributed by atoms with E-state index in [1.165, 1.54) is 0 Å². The van der Waals surface area contributed by atoms with Crippen LogP contribution >= 0.6 is 0 Å². The van der Waals surface area contributed by atoms with E-state index in [2.05, 4.69) is 16.6 Å². The predicted octanol–water partition coefficient (Wildman–Crippen LogP) is 4.75. The first-order valence-corrected chi connectivity index (χ1v) is 6.11. The van der Waals surface area contributed by atoms with Crippen molar-refractivity contribution in [1.82, 2.24) is 4.98 Å². The molecule has 0 bridgehead atoms. The topological polar surface area (TPSA) is 25.2 Å². The highest BCUT2D eigenvalue weighted by Gasteiger charge is 1.95. The van der Waals surface area contributed by atoms with Crippen LogP contribution in [0.5, 0.6) is 0 Å². The Morgan fingerprint density at radius 2 is 1.88 bits per heavy atom. The number of allylic oxidation sites excluding steroid dienone is 2. The molecule has 0 spiro atoms. The molecule has 1 heterocycles. The number of hydrogen-bond acceptors (Lipinski definition) is 2. The third kappa shape index (κ3) is 8.14. The van der Waals surface area contributed by atoms with Crippen LogP contribution in [-0.2, 0) is 0 Å². The van der Waals surface area contributed by atoms with E-state index >= 15 is 0 Å². The molecule has 0 unspecified atom stereocenters. The second-order valence-corrected chi connectivity index (χ2v) is 2.40. The lowest BCUT2D eigenvalue weighted by Gasteiger charge is -1.97. The van der Waals surface area contributed by atoms with Gasteiger partial charge in [-0.15, -0.1) is 0 Å². The first-order valence-electron chi connectivity index (χ1n) is 6.11. The Kier molecular flexibility index (Phi) is 14.9. The van der Waals surface area contributed by atoms with Gasteiger partial charge in [0.2, 0.25) is 0 Å². The fraction of sp³-hybridized carbons (Fsp3) is 0.333. The van der Waals surface area contributed by atoms with E-state index in [0.717, 1.165) is 11.4 Å². The molecule has 0 aromatic carbocycles. The Morgan fingerprint density at radius 3 is 2.29 bits per heavy atom. The van der Waals surface area contributed by atoms with Gasteiger partial charge in [-0.2, -0.15) is 0 Å². The van der Waals surface area contributed by atoms with E-state index in [1.807, 2.05) is 58.9 Å². The van der Waals surface area contributed by atoms with E-state index in [0.29, 0.717) is 0 Å². The maximum Gasteiger partial charge on any atom is 0.0882 e. The molecular weight excluding hydrogens is 208 g/mol. The highest BCUT2D eigenvalue weighted by molar-refractivity contribution is 5.78. The molecule has 0 saturated carbocycles. The molecule has 0 atom stereocenters. The van der Waals surface area contributed by atoms with Crippen molar-refractivity contribution >= 4 is 11.9 Å². The average molecular weight is 232 g/mol. The largest absolute Gasteiger partial charge is 0.255 e. The highest BCUT2D eigenvalue weighted by Crippen LogP contribution is 2.11. The Morgan fingerprint density at radius 1 is 1.24 bits per heavy atom. The van der Waals surface area contributed by atoms with Crippen LogP contribution in [0.3, 0.4) is 0 Å². The van der Waals surface area contributed by atoms with Crippen LogP contribution in [0, 0.1) is 0 Å². The quantitative estimate of drug-likeness (QED) is 0.690. The predicted molar refractivity (Wildman–Crippen MR) is 79.3 cm³/mol. The molecule has 0 saturated heterocycles. The maximum absolute atomic E-state index is 4.19. The van der Waals surface area contributed by atoms with Gasteiger partial charge in [0.1, 0.15) is 0 Å². The molecular formula is C15H24N2. The second-order valence-electron chi connectivity index (χ2n) is 2.40. The summed E-state index contributed by atoms with van der Waals surface area (Å²) in [4.78, 5) is 8.37. The number of aromatic nitrogens is 1. The van der Waals surface area contributed by atoms with Gasteiger partial charge in [-0.05, 0) is 19.1 Å². The first kappa shape index (κ1) is 17.7. The molecule has 2 heteroatoms. The van der Waals surface area contributed by atoms with E-state index in [9.17, 15) is 0 Å². The Labute approximate surface area is 106 Å². The summed E-state index contributed by atoms with van der Waals surface area (Å²) < 4.78 is 0. The van der Waals surface area contributed by atoms with Crippen molar-refractivity contribution in [3.8, 4) is 0 Å². The van der Waals surface area contributed by atoms with Gasteiger partial charge in [0.05, 0.1) is 11.4 Å². The normalized spacial score (nSPS) is 9.82. The molecule has 1 aromatic heterocycles. The summed E-state index contributed by atoms with van der Waals surface area (Å²) >= 11 is 0. The summed E-state index contributed by atoms with van der Waals surface area (Å²) in [5.41, 5.74) is 1.74. The molecule has 0 N–H and O–H groups in total. The van der Waals surface area contributed by atoms with Gasteiger partial charge >= 0.3 is 0 Å². The van der Waals surface area contributed by atoms with Gasteiger partial charge in [-0.3, -0.25) is 9.98 Å². The number of pyridine rings is 1. The molecule has 0 fully saturated rings. The van der Waals surface area contributed by atoms with Gasteiger partial charge in [0, 0.05) is 12.4 Å². The molecule has 1 aromatic rings. The minimum Gasteiger partial charge on any atom is -0.255 e. The monoisotopic (exact) mass is 232 g/mol. The summed E-state index contributed by atoms with van der Waals surface area (Å²) in [5.74, 6) is 0. The fourth-order valence-corrected chi connectivity index (χ4v) is 0.936. The fourth-order valence-electron chi connectivity index (χ4n) is 0.936. The summed E-state index contributed by atoms with van der Waals surface area (Å²) in [6.45, 7) is 13.5. The summed E-state index contributed by atoms with van der Waals surface area (Å²) in [6.07, 6.45) is 6.97. The zero-order valence-corrected chi connectivity index (χ0v) is 11.6. The van der Waals surface area contributed by atoms with Crippen molar-refractivity contribution in [2.24, 2.45) is 4.99 Å². The van der Waals surface area contributed by atoms with Crippen LogP contribution in [0.2, 0.25) is 0 Å². The number of nitrogens with zero attached hydrogens (tertiary/aromatic N) is 2. The zero-order valence-electron chi connectivity index (χ0n) is 11.6. The van der Waals surface area contributed by atoms with Crippen molar-refractivity contribution in [2.45, 2.75) is 34.6 Å². The van der Waals surface area contributed by atoms with Gasteiger partial charge in [0.25, 0.3) is 0 Å². The minimum atomic E-state index is 0.862. The van der Waals surface area contributed by atoms with Crippen LogP contribution in [0.15, 0.2) is 48.1 Å². The highest BCUT2D eigenvalue weighted by atomic mass is 14.8. The Balaban J connectivity index is 0. The van der Waals surface area contributed by atoms with Crippen molar-refractivity contribution < 1.29 is 0 Å². The van der Waals surface area contributed by atoms with Gasteiger partial charge in [-0.25, -0.2) is 0 Å². The lowest BCUT2D eigenvalue weighted by atomic mass is 10.3. The van der Waals surface area contributed by atoms with Crippen LogP contribution in [0.25, 0.3) is 5.70 Å². The van der Waals surface area contributed by atoms with Crippen LogP contribution in [0.1, 0.15) is 40.3 Å². The first-order chi connectivity index (χ1) is 8.38. The van der Waals surface area contributed by atoms with E-state index in [1.54, 1.807) is 18.5 Å². The SMILES string of the molecule is C=CC=N/C(=C\C)c1ccccn1.CC.CC. The average Bonchev–Trinajstić information content (AvgIpc) is 2.45. The number of rotatable bonds is 3. The number of aliphatic imine (C=N–C) groups is 1. The van der Waals surface area contributed by atoms with Gasteiger partial charge in [0.15, 0.2) is 0 Å². The molecule has 94 valence electrons. The summed E-state index contributed by atoms with van der Waals surface area (Å²) in [7, 11) is 0. The molecule has 0 amide bonds. The smallest absolute Gasteiger partial charge is 0.0882 e.